The van der Waals surface area contributed by atoms with Crippen LogP contribution in [0, 0.1) is 5.82 Å². The van der Waals surface area contributed by atoms with Crippen molar-refractivity contribution < 1.29 is 27.1 Å². The minimum Gasteiger partial charge on any atom is -0.451 e. The van der Waals surface area contributed by atoms with Gasteiger partial charge in [-0.3, -0.25) is 4.79 Å². The molecule has 0 bridgehead atoms. The van der Waals surface area contributed by atoms with Crippen molar-refractivity contribution in [1.82, 2.24) is 9.21 Å². The standard InChI is InChI=1S/C17H17FN2O5S2/c18-13-3-1-4-14(11-13)27(23,24)20-8-6-19(7-9-20)16(21)12-25-17(22)15-5-2-10-26-15/h1-5,10-11H,6-9,12H2. The third-order valence-electron chi connectivity index (χ3n) is 4.07. The van der Waals surface area contributed by atoms with Gasteiger partial charge in [0.15, 0.2) is 6.61 Å². The first-order valence-corrected chi connectivity index (χ1v) is 10.4. The van der Waals surface area contributed by atoms with Crippen LogP contribution in [-0.2, 0) is 19.6 Å². The van der Waals surface area contributed by atoms with Crippen molar-refractivity contribution in [2.45, 2.75) is 4.90 Å². The number of amides is 1. The fourth-order valence-corrected chi connectivity index (χ4v) is 4.71. The molecule has 0 atom stereocenters. The topological polar surface area (TPSA) is 84.0 Å². The number of ether oxygens (including phenoxy) is 1. The van der Waals surface area contributed by atoms with E-state index in [4.69, 9.17) is 4.74 Å². The smallest absolute Gasteiger partial charge is 0.348 e. The Bertz CT molecular complexity index is 923. The Morgan fingerprint density at radius 2 is 1.85 bits per heavy atom. The molecule has 0 spiro atoms. The molecule has 1 aliphatic rings. The largest absolute Gasteiger partial charge is 0.451 e. The normalized spacial score (nSPS) is 15.5. The van der Waals surface area contributed by atoms with E-state index in [2.05, 4.69) is 0 Å². The van der Waals surface area contributed by atoms with Crippen LogP contribution in [0.2, 0.25) is 0 Å². The lowest BCUT2D eigenvalue weighted by atomic mass is 10.3. The molecular formula is C17H17FN2O5S2. The van der Waals surface area contributed by atoms with Crippen molar-refractivity contribution in [2.24, 2.45) is 0 Å². The van der Waals surface area contributed by atoms with E-state index in [1.807, 2.05) is 0 Å². The quantitative estimate of drug-likeness (QED) is 0.697. The summed E-state index contributed by atoms with van der Waals surface area (Å²) in [5, 5.41) is 1.73. The Balaban J connectivity index is 1.54. The zero-order valence-electron chi connectivity index (χ0n) is 14.2. The SMILES string of the molecule is O=C(OCC(=O)N1CCN(S(=O)(=O)c2cccc(F)c2)CC1)c1cccs1. The van der Waals surface area contributed by atoms with Crippen molar-refractivity contribution in [1.29, 1.82) is 0 Å². The van der Waals surface area contributed by atoms with Crippen LogP contribution in [0.4, 0.5) is 4.39 Å². The second-order valence-electron chi connectivity index (χ2n) is 5.80. The number of hydrogen-bond donors (Lipinski definition) is 0. The number of hydrogen-bond acceptors (Lipinski definition) is 6. The van der Waals surface area contributed by atoms with Gasteiger partial charge in [-0.05, 0) is 29.6 Å². The molecule has 0 saturated carbocycles. The lowest BCUT2D eigenvalue weighted by Crippen LogP contribution is -2.51. The van der Waals surface area contributed by atoms with Gasteiger partial charge in [-0.2, -0.15) is 4.31 Å². The van der Waals surface area contributed by atoms with E-state index in [0.717, 1.165) is 6.07 Å². The summed E-state index contributed by atoms with van der Waals surface area (Å²) in [7, 11) is -3.82. The summed E-state index contributed by atoms with van der Waals surface area (Å²) in [4.78, 5) is 25.7. The molecule has 10 heteroatoms. The van der Waals surface area contributed by atoms with Crippen LogP contribution in [0.5, 0.6) is 0 Å². The van der Waals surface area contributed by atoms with Crippen LogP contribution in [0.1, 0.15) is 9.67 Å². The van der Waals surface area contributed by atoms with E-state index < -0.39 is 28.4 Å². The molecule has 0 aliphatic carbocycles. The lowest BCUT2D eigenvalue weighted by molar-refractivity contribution is -0.135. The maximum atomic E-state index is 13.3. The van der Waals surface area contributed by atoms with Crippen molar-refractivity contribution >= 4 is 33.2 Å². The van der Waals surface area contributed by atoms with Gasteiger partial charge in [0, 0.05) is 26.2 Å². The predicted octanol–water partition coefficient (Wildman–Crippen LogP) is 1.58. The average Bonchev–Trinajstić information content (AvgIpc) is 3.21. The Labute approximate surface area is 160 Å². The van der Waals surface area contributed by atoms with E-state index in [9.17, 15) is 22.4 Å². The molecule has 0 unspecified atom stereocenters. The maximum absolute atomic E-state index is 13.3. The van der Waals surface area contributed by atoms with E-state index in [1.165, 1.54) is 38.7 Å². The third-order valence-corrected chi connectivity index (χ3v) is 6.82. The van der Waals surface area contributed by atoms with Crippen LogP contribution < -0.4 is 0 Å². The molecule has 0 radical (unpaired) electrons. The first-order chi connectivity index (χ1) is 12.9. The van der Waals surface area contributed by atoms with Crippen LogP contribution >= 0.6 is 11.3 Å². The van der Waals surface area contributed by atoms with Crippen LogP contribution in [0.25, 0.3) is 0 Å². The number of thiophene rings is 1. The molecule has 1 fully saturated rings. The molecule has 144 valence electrons. The summed E-state index contributed by atoms with van der Waals surface area (Å²) < 4.78 is 44.6. The Morgan fingerprint density at radius 3 is 2.48 bits per heavy atom. The van der Waals surface area contributed by atoms with Crippen LogP contribution in [0.3, 0.4) is 0 Å². The molecule has 1 saturated heterocycles. The summed E-state index contributed by atoms with van der Waals surface area (Å²) in [6.45, 7) is 0.119. The third kappa shape index (κ3) is 4.52. The minimum absolute atomic E-state index is 0.0868. The van der Waals surface area contributed by atoms with Gasteiger partial charge in [0.2, 0.25) is 10.0 Å². The predicted molar refractivity (Wildman–Crippen MR) is 96.3 cm³/mol. The number of piperazine rings is 1. The number of halogens is 1. The number of esters is 1. The molecule has 0 N–H and O–H groups in total. The highest BCUT2D eigenvalue weighted by molar-refractivity contribution is 7.89. The van der Waals surface area contributed by atoms with Crippen LogP contribution in [-0.4, -0.2) is 62.3 Å². The fraction of sp³-hybridized carbons (Fsp3) is 0.294. The van der Waals surface area contributed by atoms with Crippen molar-refractivity contribution in [3.05, 3.63) is 52.5 Å². The molecule has 3 rings (SSSR count). The molecule has 7 nitrogen and oxygen atoms in total. The first kappa shape index (κ1) is 19.5. The summed E-state index contributed by atoms with van der Waals surface area (Å²) in [6, 6.07) is 8.13. The number of rotatable bonds is 5. The number of carbonyl (C=O) groups excluding carboxylic acids is 2. The van der Waals surface area contributed by atoms with Gasteiger partial charge in [-0.25, -0.2) is 17.6 Å². The Kier molecular flexibility index (Phi) is 5.88. The van der Waals surface area contributed by atoms with Gasteiger partial charge in [0.05, 0.1) is 4.90 Å². The number of benzene rings is 1. The van der Waals surface area contributed by atoms with Gasteiger partial charge in [-0.15, -0.1) is 11.3 Å². The van der Waals surface area contributed by atoms with Crippen LogP contribution in [0.15, 0.2) is 46.7 Å². The minimum atomic E-state index is -3.82. The molecule has 27 heavy (non-hydrogen) atoms. The molecule has 1 aromatic heterocycles. The molecule has 2 aromatic rings. The van der Waals surface area contributed by atoms with Gasteiger partial charge >= 0.3 is 5.97 Å². The number of sulfonamides is 1. The van der Waals surface area contributed by atoms with Crippen molar-refractivity contribution in [2.75, 3.05) is 32.8 Å². The fourth-order valence-electron chi connectivity index (χ4n) is 2.64. The summed E-state index contributed by atoms with van der Waals surface area (Å²) in [5.41, 5.74) is 0. The van der Waals surface area contributed by atoms with Crippen molar-refractivity contribution in [3.8, 4) is 0 Å². The summed E-state index contributed by atoms with van der Waals surface area (Å²) >= 11 is 1.22. The maximum Gasteiger partial charge on any atom is 0.348 e. The first-order valence-electron chi connectivity index (χ1n) is 8.12. The van der Waals surface area contributed by atoms with Gasteiger partial charge < -0.3 is 9.64 Å². The zero-order valence-corrected chi connectivity index (χ0v) is 15.8. The number of nitrogens with zero attached hydrogens (tertiary/aromatic N) is 2. The molecule has 1 aliphatic heterocycles. The van der Waals surface area contributed by atoms with E-state index in [1.54, 1.807) is 17.5 Å². The Hall–Kier alpha value is -2.30. The van der Waals surface area contributed by atoms with Gasteiger partial charge in [0.1, 0.15) is 10.7 Å². The molecular weight excluding hydrogens is 395 g/mol. The highest BCUT2D eigenvalue weighted by atomic mass is 32.2. The highest BCUT2D eigenvalue weighted by Crippen LogP contribution is 2.18. The summed E-state index contributed by atoms with van der Waals surface area (Å²) in [5.74, 6) is -1.58. The highest BCUT2D eigenvalue weighted by Gasteiger charge is 2.30. The second kappa shape index (κ2) is 8.15. The van der Waals surface area contributed by atoms with Gasteiger partial charge in [-0.1, -0.05) is 12.1 Å². The summed E-state index contributed by atoms with van der Waals surface area (Å²) in [6.07, 6.45) is 0. The molecule has 2 heterocycles. The van der Waals surface area contributed by atoms with E-state index in [0.29, 0.717) is 4.88 Å². The van der Waals surface area contributed by atoms with E-state index >= 15 is 0 Å². The number of carbonyl (C=O) groups is 2. The zero-order chi connectivity index (χ0) is 19.4. The van der Waals surface area contributed by atoms with E-state index in [-0.39, 0.29) is 37.0 Å². The molecule has 1 aromatic carbocycles. The second-order valence-corrected chi connectivity index (χ2v) is 8.68. The monoisotopic (exact) mass is 412 g/mol. The van der Waals surface area contributed by atoms with Gasteiger partial charge in [0.25, 0.3) is 5.91 Å². The Morgan fingerprint density at radius 1 is 1.11 bits per heavy atom. The van der Waals surface area contributed by atoms with Crippen molar-refractivity contribution in [3.63, 3.8) is 0 Å². The lowest BCUT2D eigenvalue weighted by Gasteiger charge is -2.33. The molecule has 1 amide bonds. The average molecular weight is 412 g/mol.